The van der Waals surface area contributed by atoms with Crippen LogP contribution in [0.4, 0.5) is 0 Å². The Kier molecular flexibility index (Phi) is 5.23. The van der Waals surface area contributed by atoms with Gasteiger partial charge in [0.2, 0.25) is 0 Å². The first-order chi connectivity index (χ1) is 5.43. The normalized spacial score (nSPS) is 15.5. The van der Waals surface area contributed by atoms with Crippen LogP contribution in [0.25, 0.3) is 0 Å². The topological polar surface area (TPSA) is 20.2 Å². The summed E-state index contributed by atoms with van der Waals surface area (Å²) in [4.78, 5) is 0. The second kappa shape index (κ2) is 5.36. The molecule has 0 aromatic heterocycles. The molecule has 0 spiro atoms. The maximum Gasteiger partial charge on any atom is 0.0514 e. The number of aliphatic hydroxyl groups is 1. The lowest BCUT2D eigenvalue weighted by Crippen LogP contribution is -2.07. The van der Waals surface area contributed by atoms with E-state index in [4.69, 9.17) is 5.11 Å². The third-order valence-corrected chi connectivity index (χ3v) is 2.25. The van der Waals surface area contributed by atoms with Crippen LogP contribution in [0.15, 0.2) is 11.1 Å². The van der Waals surface area contributed by atoms with Gasteiger partial charge in [-0.05, 0) is 46.5 Å². The molecule has 0 aromatic carbocycles. The van der Waals surface area contributed by atoms with E-state index in [1.807, 2.05) is 6.92 Å². The molecule has 0 rings (SSSR count). The highest BCUT2D eigenvalue weighted by atomic mass is 16.3. The minimum absolute atomic E-state index is 0.162. The van der Waals surface area contributed by atoms with Gasteiger partial charge in [-0.1, -0.05) is 18.1 Å². The van der Waals surface area contributed by atoms with E-state index in [1.54, 1.807) is 0 Å². The monoisotopic (exact) mass is 170 g/mol. The van der Waals surface area contributed by atoms with Gasteiger partial charge in [0.1, 0.15) is 0 Å². The SMILES string of the molecule is CC(C)=C(C)CC(C)CC(C)O. The molecule has 0 saturated heterocycles. The summed E-state index contributed by atoms with van der Waals surface area (Å²) < 4.78 is 0. The lowest BCUT2D eigenvalue weighted by Gasteiger charge is -2.14. The predicted octanol–water partition coefficient (Wildman–Crippen LogP) is 3.14. The maximum atomic E-state index is 9.16. The van der Waals surface area contributed by atoms with Crippen LogP contribution in [-0.2, 0) is 0 Å². The fraction of sp³-hybridized carbons (Fsp3) is 0.818. The van der Waals surface area contributed by atoms with Gasteiger partial charge in [-0.25, -0.2) is 0 Å². The molecule has 12 heavy (non-hydrogen) atoms. The van der Waals surface area contributed by atoms with Crippen molar-refractivity contribution in [2.75, 3.05) is 0 Å². The van der Waals surface area contributed by atoms with Crippen LogP contribution in [0, 0.1) is 5.92 Å². The molecule has 0 aliphatic rings. The number of rotatable bonds is 4. The minimum Gasteiger partial charge on any atom is -0.393 e. The maximum absolute atomic E-state index is 9.16. The molecule has 0 heterocycles. The first-order valence-corrected chi connectivity index (χ1v) is 4.74. The van der Waals surface area contributed by atoms with Gasteiger partial charge in [0, 0.05) is 0 Å². The number of hydrogen-bond donors (Lipinski definition) is 1. The molecule has 0 fully saturated rings. The van der Waals surface area contributed by atoms with Gasteiger partial charge in [0.15, 0.2) is 0 Å². The van der Waals surface area contributed by atoms with E-state index in [9.17, 15) is 0 Å². The molecular formula is C11H22O. The summed E-state index contributed by atoms with van der Waals surface area (Å²) in [5.41, 5.74) is 2.87. The highest BCUT2D eigenvalue weighted by Gasteiger charge is 2.06. The fourth-order valence-electron chi connectivity index (χ4n) is 1.39. The summed E-state index contributed by atoms with van der Waals surface area (Å²) in [6.45, 7) is 10.5. The van der Waals surface area contributed by atoms with Crippen molar-refractivity contribution in [3.8, 4) is 0 Å². The van der Waals surface area contributed by atoms with Gasteiger partial charge in [-0.3, -0.25) is 0 Å². The van der Waals surface area contributed by atoms with E-state index < -0.39 is 0 Å². The van der Waals surface area contributed by atoms with E-state index >= 15 is 0 Å². The molecule has 0 aliphatic heterocycles. The molecule has 1 nitrogen and oxygen atoms in total. The first kappa shape index (κ1) is 11.7. The summed E-state index contributed by atoms with van der Waals surface area (Å²) in [6.07, 6.45) is 1.86. The Morgan fingerprint density at radius 3 is 2.00 bits per heavy atom. The molecule has 0 saturated carbocycles. The zero-order valence-corrected chi connectivity index (χ0v) is 9.02. The van der Waals surface area contributed by atoms with Crippen molar-refractivity contribution in [1.29, 1.82) is 0 Å². The molecular weight excluding hydrogens is 148 g/mol. The third kappa shape index (κ3) is 5.36. The highest BCUT2D eigenvalue weighted by molar-refractivity contribution is 5.06. The second-order valence-electron chi connectivity index (χ2n) is 4.17. The number of hydrogen-bond acceptors (Lipinski definition) is 1. The van der Waals surface area contributed by atoms with Gasteiger partial charge >= 0.3 is 0 Å². The van der Waals surface area contributed by atoms with Crippen molar-refractivity contribution in [3.63, 3.8) is 0 Å². The summed E-state index contributed by atoms with van der Waals surface area (Å²) in [7, 11) is 0. The van der Waals surface area contributed by atoms with Gasteiger partial charge in [0.25, 0.3) is 0 Å². The van der Waals surface area contributed by atoms with Crippen molar-refractivity contribution >= 4 is 0 Å². The Morgan fingerprint density at radius 2 is 1.67 bits per heavy atom. The average Bonchev–Trinajstić information content (AvgIpc) is 1.84. The molecule has 0 radical (unpaired) electrons. The summed E-state index contributed by atoms with van der Waals surface area (Å²) in [5, 5.41) is 9.16. The molecule has 72 valence electrons. The standard InChI is InChI=1S/C11H22O/c1-8(2)10(4)6-9(3)7-11(5)12/h9,11-12H,6-7H2,1-5H3. The van der Waals surface area contributed by atoms with E-state index in [0.29, 0.717) is 5.92 Å². The van der Waals surface area contributed by atoms with E-state index in [1.165, 1.54) is 11.1 Å². The molecule has 1 N–H and O–H groups in total. The van der Waals surface area contributed by atoms with Crippen LogP contribution in [0.1, 0.15) is 47.5 Å². The zero-order chi connectivity index (χ0) is 9.72. The molecule has 2 atom stereocenters. The van der Waals surface area contributed by atoms with Gasteiger partial charge in [-0.2, -0.15) is 0 Å². The molecule has 0 aromatic rings. The van der Waals surface area contributed by atoms with Crippen molar-refractivity contribution in [1.82, 2.24) is 0 Å². The van der Waals surface area contributed by atoms with Crippen LogP contribution >= 0.6 is 0 Å². The Labute approximate surface area is 76.5 Å². The van der Waals surface area contributed by atoms with Gasteiger partial charge in [0.05, 0.1) is 6.10 Å². The minimum atomic E-state index is -0.162. The Hall–Kier alpha value is -0.300. The molecule has 0 aliphatic carbocycles. The number of allylic oxidation sites excluding steroid dienone is 2. The van der Waals surface area contributed by atoms with Crippen LogP contribution < -0.4 is 0 Å². The Balaban J connectivity index is 3.85. The lowest BCUT2D eigenvalue weighted by molar-refractivity contribution is 0.164. The van der Waals surface area contributed by atoms with Crippen molar-refractivity contribution in [3.05, 3.63) is 11.1 Å². The quantitative estimate of drug-likeness (QED) is 0.643. The summed E-state index contributed by atoms with van der Waals surface area (Å²) in [6, 6.07) is 0. The smallest absolute Gasteiger partial charge is 0.0514 e. The van der Waals surface area contributed by atoms with E-state index in [0.717, 1.165) is 12.8 Å². The fourth-order valence-corrected chi connectivity index (χ4v) is 1.39. The van der Waals surface area contributed by atoms with Crippen molar-refractivity contribution in [2.24, 2.45) is 5.92 Å². The molecule has 0 amide bonds. The molecule has 1 heteroatoms. The Bertz CT molecular complexity index is 152. The molecule has 2 unspecified atom stereocenters. The highest BCUT2D eigenvalue weighted by Crippen LogP contribution is 2.18. The van der Waals surface area contributed by atoms with E-state index in [2.05, 4.69) is 27.7 Å². The Morgan fingerprint density at radius 1 is 1.17 bits per heavy atom. The van der Waals surface area contributed by atoms with Gasteiger partial charge in [-0.15, -0.1) is 0 Å². The number of aliphatic hydroxyl groups excluding tert-OH is 1. The third-order valence-electron chi connectivity index (χ3n) is 2.25. The summed E-state index contributed by atoms with van der Waals surface area (Å²) >= 11 is 0. The van der Waals surface area contributed by atoms with Gasteiger partial charge < -0.3 is 5.11 Å². The molecule has 0 bridgehead atoms. The van der Waals surface area contributed by atoms with Crippen LogP contribution in [0.3, 0.4) is 0 Å². The summed E-state index contributed by atoms with van der Waals surface area (Å²) in [5.74, 6) is 0.597. The predicted molar refractivity (Wildman–Crippen MR) is 54.1 cm³/mol. The van der Waals surface area contributed by atoms with Crippen LogP contribution in [-0.4, -0.2) is 11.2 Å². The largest absolute Gasteiger partial charge is 0.393 e. The van der Waals surface area contributed by atoms with Crippen molar-refractivity contribution in [2.45, 2.75) is 53.6 Å². The van der Waals surface area contributed by atoms with Crippen molar-refractivity contribution < 1.29 is 5.11 Å². The average molecular weight is 170 g/mol. The lowest BCUT2D eigenvalue weighted by atomic mass is 9.95. The first-order valence-electron chi connectivity index (χ1n) is 4.74. The zero-order valence-electron chi connectivity index (χ0n) is 9.02. The van der Waals surface area contributed by atoms with Crippen LogP contribution in [0.5, 0.6) is 0 Å². The second-order valence-corrected chi connectivity index (χ2v) is 4.17. The van der Waals surface area contributed by atoms with E-state index in [-0.39, 0.29) is 6.10 Å². The van der Waals surface area contributed by atoms with Crippen LogP contribution in [0.2, 0.25) is 0 Å².